The number of hydrogen-bond acceptors (Lipinski definition) is 3. The normalized spacial score (nSPS) is 26.2. The average molecular weight is 205 g/mol. The van der Waals surface area contributed by atoms with Gasteiger partial charge < -0.3 is 4.90 Å². The largest absolute Gasteiger partial charge is 0.306 e. The molecule has 1 rings (SSSR count). The molecule has 78 valence electrons. The van der Waals surface area contributed by atoms with Crippen LogP contribution in [-0.2, 0) is 9.92 Å². The molecular formula is C8H19N3OS. The third-order valence-corrected chi connectivity index (χ3v) is 4.15. The van der Waals surface area contributed by atoms with Crippen molar-refractivity contribution in [3.05, 3.63) is 0 Å². The summed E-state index contributed by atoms with van der Waals surface area (Å²) in [4.78, 5) is 2.27. The smallest absolute Gasteiger partial charge is 0.104 e. The predicted octanol–water partition coefficient (Wildman–Crippen LogP) is 0.604. The van der Waals surface area contributed by atoms with Crippen molar-refractivity contribution < 1.29 is 4.21 Å². The lowest BCUT2D eigenvalue weighted by atomic mass is 10.1. The first kappa shape index (κ1) is 10.9. The molecular weight excluding hydrogens is 186 g/mol. The van der Waals surface area contributed by atoms with E-state index in [0.29, 0.717) is 6.04 Å². The zero-order chi connectivity index (χ0) is 10.1. The molecule has 13 heavy (non-hydrogen) atoms. The molecule has 1 atom stereocenters. The highest BCUT2D eigenvalue weighted by molar-refractivity contribution is 7.89. The molecule has 1 unspecified atom stereocenters. The fourth-order valence-electron chi connectivity index (χ4n) is 1.64. The van der Waals surface area contributed by atoms with Gasteiger partial charge in [-0.1, -0.05) is 0 Å². The topological polar surface area (TPSA) is 47.4 Å². The number of rotatable bonds is 2. The average Bonchev–Trinajstić information content (AvgIpc) is 2.03. The van der Waals surface area contributed by atoms with Crippen molar-refractivity contribution in [3.8, 4) is 0 Å². The summed E-state index contributed by atoms with van der Waals surface area (Å²) in [6.07, 6.45) is 3.54. The molecule has 0 aromatic heterocycles. The number of nitrogens with one attached hydrogen (secondary N) is 1. The fraction of sp³-hybridized carbons (Fsp3) is 1.00. The second kappa shape index (κ2) is 3.94. The minimum absolute atomic E-state index is 0.325. The molecule has 5 heteroatoms. The van der Waals surface area contributed by atoms with Gasteiger partial charge >= 0.3 is 0 Å². The van der Waals surface area contributed by atoms with Crippen LogP contribution in [0.15, 0.2) is 0 Å². The molecule has 1 heterocycles. The van der Waals surface area contributed by atoms with Crippen molar-refractivity contribution >= 4 is 9.92 Å². The number of hydrogen-bond donors (Lipinski definition) is 1. The molecule has 1 fully saturated rings. The number of likely N-dealkylation sites (tertiary alicyclic amines) is 1. The Hall–Kier alpha value is -0.130. The van der Waals surface area contributed by atoms with Gasteiger partial charge in [-0.3, -0.25) is 0 Å². The molecule has 0 aromatic rings. The lowest BCUT2D eigenvalue weighted by Gasteiger charge is -2.34. The third kappa shape index (κ3) is 2.93. The summed E-state index contributed by atoms with van der Waals surface area (Å²) in [6, 6.07) is 0.325. The van der Waals surface area contributed by atoms with E-state index in [1.807, 2.05) is 0 Å². The van der Waals surface area contributed by atoms with Crippen LogP contribution in [0.5, 0.6) is 0 Å². The van der Waals surface area contributed by atoms with Crippen LogP contribution in [0.25, 0.3) is 0 Å². The first-order valence-corrected chi connectivity index (χ1v) is 6.49. The maximum absolute atomic E-state index is 11.4. The molecule has 0 radical (unpaired) electrons. The highest BCUT2D eigenvalue weighted by Crippen LogP contribution is 2.16. The molecule has 1 aliphatic heterocycles. The molecule has 0 aromatic carbocycles. The van der Waals surface area contributed by atoms with Crippen molar-refractivity contribution in [1.82, 2.24) is 9.21 Å². The van der Waals surface area contributed by atoms with E-state index in [2.05, 4.69) is 11.9 Å². The van der Waals surface area contributed by atoms with Gasteiger partial charge in [-0.05, 0) is 33.0 Å². The molecule has 1 saturated heterocycles. The molecule has 0 spiro atoms. The maximum Gasteiger partial charge on any atom is 0.104 e. The number of piperidine rings is 1. The molecule has 0 amide bonds. The highest BCUT2D eigenvalue weighted by Gasteiger charge is 2.23. The summed E-state index contributed by atoms with van der Waals surface area (Å²) < 4.78 is 20.6. The van der Waals surface area contributed by atoms with Crippen molar-refractivity contribution in [2.75, 3.05) is 33.4 Å². The van der Waals surface area contributed by atoms with Gasteiger partial charge in [-0.25, -0.2) is 13.3 Å². The van der Waals surface area contributed by atoms with E-state index >= 15 is 0 Å². The van der Waals surface area contributed by atoms with E-state index < -0.39 is 9.92 Å². The minimum Gasteiger partial charge on any atom is -0.306 e. The summed E-state index contributed by atoms with van der Waals surface area (Å²) >= 11 is 0. The van der Waals surface area contributed by atoms with Gasteiger partial charge in [0.05, 0.1) is 0 Å². The van der Waals surface area contributed by atoms with E-state index in [9.17, 15) is 4.21 Å². The van der Waals surface area contributed by atoms with Gasteiger partial charge in [-0.15, -0.1) is 0 Å². The quantitative estimate of drug-likeness (QED) is 0.718. The Morgan fingerprint density at radius 1 is 1.46 bits per heavy atom. The zero-order valence-electron chi connectivity index (χ0n) is 8.62. The van der Waals surface area contributed by atoms with Gasteiger partial charge in [0.25, 0.3) is 0 Å². The number of nitrogens with zero attached hydrogens (tertiary/aromatic N) is 2. The molecule has 4 nitrogen and oxygen atoms in total. The standard InChI is InChI=1S/C8H19N3OS/c1-10-6-4-8(5-7-10)11(2)13(3,9)12/h8-9H,4-7H2,1-3H3. The predicted molar refractivity (Wildman–Crippen MR) is 55.1 cm³/mol. The summed E-state index contributed by atoms with van der Waals surface area (Å²) in [7, 11) is 1.39. The first-order valence-electron chi connectivity index (χ1n) is 4.56. The lowest BCUT2D eigenvalue weighted by Crippen LogP contribution is -2.43. The Morgan fingerprint density at radius 2 is 1.92 bits per heavy atom. The second-order valence-corrected chi connectivity index (χ2v) is 6.06. The highest BCUT2D eigenvalue weighted by atomic mass is 32.2. The van der Waals surface area contributed by atoms with Crippen molar-refractivity contribution in [3.63, 3.8) is 0 Å². The van der Waals surface area contributed by atoms with E-state index in [1.165, 1.54) is 6.26 Å². The van der Waals surface area contributed by atoms with Crippen LogP contribution in [0, 0.1) is 4.78 Å². The van der Waals surface area contributed by atoms with Gasteiger partial charge in [0.2, 0.25) is 0 Å². The first-order chi connectivity index (χ1) is 5.91. The molecule has 0 bridgehead atoms. The maximum atomic E-state index is 11.4. The zero-order valence-corrected chi connectivity index (χ0v) is 9.43. The van der Waals surface area contributed by atoms with Crippen molar-refractivity contribution in [2.45, 2.75) is 18.9 Å². The summed E-state index contributed by atoms with van der Waals surface area (Å²) in [5.41, 5.74) is 0. The fourth-order valence-corrected chi connectivity index (χ4v) is 2.42. The Labute approximate surface area is 81.0 Å². The molecule has 1 aliphatic rings. The summed E-state index contributed by atoms with van der Waals surface area (Å²) in [5, 5.41) is 0. The summed E-state index contributed by atoms with van der Waals surface area (Å²) in [6.45, 7) is 2.09. The van der Waals surface area contributed by atoms with Gasteiger partial charge in [0.1, 0.15) is 9.92 Å². The molecule has 1 N–H and O–H groups in total. The van der Waals surface area contributed by atoms with Crippen LogP contribution in [-0.4, -0.2) is 52.9 Å². The van der Waals surface area contributed by atoms with E-state index in [0.717, 1.165) is 25.9 Å². The summed E-state index contributed by atoms with van der Waals surface area (Å²) in [5.74, 6) is 0. The van der Waals surface area contributed by atoms with Crippen LogP contribution in [0.1, 0.15) is 12.8 Å². The lowest BCUT2D eigenvalue weighted by molar-refractivity contribution is 0.200. The van der Waals surface area contributed by atoms with Crippen LogP contribution >= 0.6 is 0 Å². The Bertz CT molecular complexity index is 255. The van der Waals surface area contributed by atoms with E-state index in [1.54, 1.807) is 11.4 Å². The van der Waals surface area contributed by atoms with Crippen LogP contribution in [0.3, 0.4) is 0 Å². The van der Waals surface area contributed by atoms with E-state index in [-0.39, 0.29) is 0 Å². The van der Waals surface area contributed by atoms with Gasteiger partial charge in [-0.2, -0.15) is 0 Å². The SMILES string of the molecule is CN1CCC(N(C)S(C)(=N)=O)CC1. The molecule has 0 aliphatic carbocycles. The molecule has 0 saturated carbocycles. The Balaban J connectivity index is 2.55. The van der Waals surface area contributed by atoms with Crippen molar-refractivity contribution in [1.29, 1.82) is 4.78 Å². The monoisotopic (exact) mass is 205 g/mol. The Kier molecular flexibility index (Phi) is 3.32. The van der Waals surface area contributed by atoms with Crippen LogP contribution < -0.4 is 0 Å². The van der Waals surface area contributed by atoms with E-state index in [4.69, 9.17) is 4.78 Å². The van der Waals surface area contributed by atoms with Gasteiger partial charge in [0, 0.05) is 19.3 Å². The second-order valence-electron chi connectivity index (χ2n) is 3.88. The third-order valence-electron chi connectivity index (χ3n) is 2.75. The van der Waals surface area contributed by atoms with Gasteiger partial charge in [0.15, 0.2) is 0 Å². The van der Waals surface area contributed by atoms with Crippen molar-refractivity contribution in [2.24, 2.45) is 0 Å². The van der Waals surface area contributed by atoms with Crippen LogP contribution in [0.2, 0.25) is 0 Å². The Morgan fingerprint density at radius 3 is 2.31 bits per heavy atom. The van der Waals surface area contributed by atoms with Crippen LogP contribution in [0.4, 0.5) is 0 Å². The minimum atomic E-state index is -2.51.